The molecule has 162 valence electrons. The molecule has 12 heteroatoms. The zero-order valence-electron chi connectivity index (χ0n) is 15.6. The fourth-order valence-corrected chi connectivity index (χ4v) is 3.26. The van der Waals surface area contributed by atoms with Crippen LogP contribution in [0.4, 0.5) is 36.7 Å². The molecule has 1 fully saturated rings. The lowest BCUT2D eigenvalue weighted by Gasteiger charge is -2.43. The molecule has 0 bridgehead atoms. The van der Waals surface area contributed by atoms with Crippen molar-refractivity contribution in [2.45, 2.75) is 50.2 Å². The normalized spacial score (nSPS) is 20.5. The molecule has 2 aromatic rings. The number of carbonyl (C=O) groups is 1. The Hall–Kier alpha value is -2.84. The Morgan fingerprint density at radius 1 is 1.30 bits per heavy atom. The van der Waals surface area contributed by atoms with E-state index in [1.807, 2.05) is 5.32 Å². The molecule has 0 spiro atoms. The van der Waals surface area contributed by atoms with Gasteiger partial charge in [-0.05, 0) is 32.0 Å². The summed E-state index contributed by atoms with van der Waals surface area (Å²) >= 11 is 0. The first-order valence-electron chi connectivity index (χ1n) is 8.67. The van der Waals surface area contributed by atoms with E-state index in [0.29, 0.717) is 4.57 Å². The number of anilines is 1. The van der Waals surface area contributed by atoms with Crippen LogP contribution in [0.2, 0.25) is 0 Å². The van der Waals surface area contributed by atoms with Crippen molar-refractivity contribution >= 4 is 22.9 Å². The average molecular weight is 436 g/mol. The van der Waals surface area contributed by atoms with Crippen LogP contribution in [0.25, 0.3) is 11.0 Å². The first-order valence-corrected chi connectivity index (χ1v) is 8.67. The van der Waals surface area contributed by atoms with Gasteiger partial charge in [0.2, 0.25) is 11.9 Å². The van der Waals surface area contributed by atoms with E-state index in [4.69, 9.17) is 5.26 Å². The Balaban J connectivity index is 1.99. The predicted octanol–water partition coefficient (Wildman–Crippen LogP) is 4.82. The van der Waals surface area contributed by atoms with Crippen LogP contribution in [0, 0.1) is 17.2 Å². The van der Waals surface area contributed by atoms with E-state index in [1.54, 1.807) is 6.07 Å². The number of carbonyl (C=O) groups excluding carboxylic acids is 1. The fraction of sp³-hybridized carbons (Fsp3) is 0.500. The van der Waals surface area contributed by atoms with Gasteiger partial charge in [-0.15, -0.1) is 0 Å². The van der Waals surface area contributed by atoms with Gasteiger partial charge >= 0.3 is 18.0 Å². The molecule has 1 N–H and O–H groups in total. The second-order valence-corrected chi connectivity index (χ2v) is 7.62. The minimum atomic E-state index is -4.81. The number of nitrogens with zero attached hydrogens (tertiary/aromatic N) is 3. The average Bonchev–Trinajstić information content (AvgIpc) is 2.97. The van der Waals surface area contributed by atoms with Crippen LogP contribution in [-0.2, 0) is 10.3 Å². The molecule has 1 atom stereocenters. The topological polar surface area (TPSA) is 70.7 Å². The van der Waals surface area contributed by atoms with Gasteiger partial charge in [0, 0.05) is 18.8 Å². The summed E-state index contributed by atoms with van der Waals surface area (Å²) in [5.41, 5.74) is -2.67. The molecule has 1 aliphatic rings. The highest BCUT2D eigenvalue weighted by atomic mass is 19.4. The molecule has 0 aliphatic heterocycles. The second kappa shape index (κ2) is 6.58. The Bertz CT molecular complexity index is 1050. The number of rotatable bonds is 4. The van der Waals surface area contributed by atoms with Crippen molar-refractivity contribution in [1.29, 1.82) is 5.26 Å². The lowest BCUT2D eigenvalue weighted by molar-refractivity contribution is -0.313. The van der Waals surface area contributed by atoms with Crippen LogP contribution in [0.1, 0.15) is 32.3 Å². The van der Waals surface area contributed by atoms with Gasteiger partial charge in [-0.25, -0.2) is 4.98 Å². The van der Waals surface area contributed by atoms with Gasteiger partial charge in [0.25, 0.3) is 0 Å². The minimum absolute atomic E-state index is 0.0159. The molecule has 0 saturated heterocycles. The highest BCUT2D eigenvalue weighted by molar-refractivity contribution is 5.92. The maximum absolute atomic E-state index is 13.7. The van der Waals surface area contributed by atoms with E-state index in [1.165, 1.54) is 12.1 Å². The summed E-state index contributed by atoms with van der Waals surface area (Å²) in [5.74, 6) is -12.3. The number of hydrogen-bond donors (Lipinski definition) is 1. The van der Waals surface area contributed by atoms with Crippen LogP contribution in [0.5, 0.6) is 0 Å². The van der Waals surface area contributed by atoms with Crippen molar-refractivity contribution < 1.29 is 35.5 Å². The van der Waals surface area contributed by atoms with Gasteiger partial charge in [0.1, 0.15) is 5.54 Å². The van der Waals surface area contributed by atoms with Crippen LogP contribution >= 0.6 is 0 Å². The van der Waals surface area contributed by atoms with Crippen LogP contribution in [-0.4, -0.2) is 33.5 Å². The second-order valence-electron chi connectivity index (χ2n) is 7.62. The molecule has 1 heterocycles. The van der Waals surface area contributed by atoms with Gasteiger partial charge in [-0.3, -0.25) is 14.7 Å². The number of nitriles is 1. The number of nitrogens with one attached hydrogen (secondary N) is 1. The smallest absolute Gasteiger partial charge is 0.296 e. The zero-order valence-corrected chi connectivity index (χ0v) is 15.6. The van der Waals surface area contributed by atoms with E-state index in [0.717, 1.165) is 19.9 Å². The van der Waals surface area contributed by atoms with E-state index in [-0.39, 0.29) is 16.6 Å². The zero-order chi connectivity index (χ0) is 22.7. The molecule has 1 aromatic heterocycles. The molecular weight excluding hydrogens is 421 g/mol. The number of alkyl halides is 7. The van der Waals surface area contributed by atoms with Gasteiger partial charge in [-0.2, -0.15) is 36.0 Å². The third-order valence-corrected chi connectivity index (χ3v) is 5.22. The van der Waals surface area contributed by atoms with Crippen molar-refractivity contribution in [3.8, 4) is 6.07 Å². The lowest BCUT2D eigenvalue weighted by Crippen LogP contribution is -2.59. The fourth-order valence-electron chi connectivity index (χ4n) is 3.26. The molecule has 1 amide bonds. The summed E-state index contributed by atoms with van der Waals surface area (Å²) < 4.78 is 94.4. The molecular formula is C18H15F7N4O. The monoisotopic (exact) mass is 436 g/mol. The molecule has 3 rings (SSSR count). The van der Waals surface area contributed by atoms with Crippen LogP contribution in [0.15, 0.2) is 18.2 Å². The number of halogens is 7. The number of amides is 1. The third-order valence-electron chi connectivity index (χ3n) is 5.22. The van der Waals surface area contributed by atoms with E-state index < -0.39 is 54.2 Å². The maximum Gasteiger partial charge on any atom is 0.411 e. The summed E-state index contributed by atoms with van der Waals surface area (Å²) in [6.07, 6.45) is -7.03. The largest absolute Gasteiger partial charge is 0.411 e. The summed E-state index contributed by atoms with van der Waals surface area (Å²) in [5, 5.41) is 11.1. The number of fused-ring (bicyclic) bond motifs is 1. The van der Waals surface area contributed by atoms with E-state index in [9.17, 15) is 35.5 Å². The Morgan fingerprint density at radius 2 is 1.93 bits per heavy atom. The lowest BCUT2D eigenvalue weighted by atomic mass is 9.74. The highest BCUT2D eigenvalue weighted by Crippen LogP contribution is 2.56. The van der Waals surface area contributed by atoms with Crippen molar-refractivity contribution in [3.63, 3.8) is 0 Å². The summed E-state index contributed by atoms with van der Waals surface area (Å²) in [6.45, 7) is 1.62. The van der Waals surface area contributed by atoms with Gasteiger partial charge in [0.15, 0.2) is 0 Å². The molecule has 0 radical (unpaired) electrons. The van der Waals surface area contributed by atoms with Crippen molar-refractivity contribution in [2.75, 3.05) is 5.32 Å². The van der Waals surface area contributed by atoms with E-state index in [2.05, 4.69) is 4.98 Å². The first-order chi connectivity index (χ1) is 13.6. The summed E-state index contributed by atoms with van der Waals surface area (Å²) in [4.78, 5) is 16.1. The third kappa shape index (κ3) is 3.26. The standard InChI is InChI=1S/C18H15F7N4O/c1-15(2,18(23,24)25)29-12-5-9(8-26)3-4-11(12)27-14(29)28-13(30)6-10-7-16(19,20)17(10,21)22/h3-5,10H,6-7H2,1-2H3,(H,27,28,30)/t10-/m0/s1. The highest BCUT2D eigenvalue weighted by Gasteiger charge is 2.71. The Morgan fingerprint density at radius 3 is 2.43 bits per heavy atom. The van der Waals surface area contributed by atoms with Crippen LogP contribution < -0.4 is 5.32 Å². The van der Waals surface area contributed by atoms with Crippen LogP contribution in [0.3, 0.4) is 0 Å². The molecule has 1 saturated carbocycles. The first kappa shape index (κ1) is 21.9. The quantitative estimate of drug-likeness (QED) is 0.699. The molecule has 5 nitrogen and oxygen atoms in total. The van der Waals surface area contributed by atoms with Crippen molar-refractivity contribution in [3.05, 3.63) is 23.8 Å². The van der Waals surface area contributed by atoms with Crippen molar-refractivity contribution in [1.82, 2.24) is 9.55 Å². The van der Waals surface area contributed by atoms with Crippen molar-refractivity contribution in [2.24, 2.45) is 5.92 Å². The molecule has 30 heavy (non-hydrogen) atoms. The number of hydrogen-bond acceptors (Lipinski definition) is 3. The Labute approximate surface area is 165 Å². The summed E-state index contributed by atoms with van der Waals surface area (Å²) in [7, 11) is 0. The molecule has 1 aromatic carbocycles. The maximum atomic E-state index is 13.7. The predicted molar refractivity (Wildman–Crippen MR) is 91.1 cm³/mol. The van der Waals surface area contributed by atoms with E-state index >= 15 is 0 Å². The molecule has 0 unspecified atom stereocenters. The summed E-state index contributed by atoms with van der Waals surface area (Å²) in [6, 6.07) is 5.50. The Kier molecular flexibility index (Phi) is 4.80. The number of aromatic nitrogens is 2. The number of imidazole rings is 1. The SMILES string of the molecule is CC(C)(n1c(NC(=O)C[C@H]2CC(F)(F)C2(F)F)nc2ccc(C#N)cc21)C(F)(F)F. The van der Waals surface area contributed by atoms with Gasteiger partial charge in [-0.1, -0.05) is 0 Å². The van der Waals surface area contributed by atoms with Gasteiger partial charge in [0.05, 0.1) is 22.7 Å². The number of benzene rings is 1. The minimum Gasteiger partial charge on any atom is -0.296 e. The van der Waals surface area contributed by atoms with Gasteiger partial charge < -0.3 is 0 Å². The molecule has 1 aliphatic carbocycles.